The number of hydroxylamine groups is 1. The summed E-state index contributed by atoms with van der Waals surface area (Å²) in [6.45, 7) is 2.30. The molecule has 1 fully saturated rings. The molecule has 0 aromatic heterocycles. The summed E-state index contributed by atoms with van der Waals surface area (Å²) in [5, 5.41) is 0. The molecule has 1 aromatic rings. The van der Waals surface area contributed by atoms with Crippen LogP contribution in [0.1, 0.15) is 38.2 Å². The molecule has 112 valence electrons. The molecule has 3 rings (SSSR count). The first-order valence-corrected chi connectivity index (χ1v) is 7.61. The first-order chi connectivity index (χ1) is 10.2. The van der Waals surface area contributed by atoms with Gasteiger partial charge in [0.05, 0.1) is 18.2 Å². The monoisotopic (exact) mass is 287 g/mol. The average Bonchev–Trinajstić information content (AvgIpc) is 2.93. The number of hydrogen-bond donors (Lipinski definition) is 1. The minimum Gasteiger partial charge on any atom is -0.466 e. The summed E-state index contributed by atoms with van der Waals surface area (Å²) in [5.41, 5.74) is 4.92. The first-order valence-electron chi connectivity index (χ1n) is 7.61. The number of ether oxygens (including phenoxy) is 1. The summed E-state index contributed by atoms with van der Waals surface area (Å²) in [5.74, 6) is -0.0427. The molecular weight excluding hydrogens is 266 g/mol. The third-order valence-corrected chi connectivity index (χ3v) is 4.31. The largest absolute Gasteiger partial charge is 0.466 e. The molecule has 1 aromatic carbocycles. The summed E-state index contributed by atoms with van der Waals surface area (Å²) < 4.78 is 5.11. The van der Waals surface area contributed by atoms with Crippen LogP contribution in [0.4, 0.5) is 0 Å². The van der Waals surface area contributed by atoms with E-state index in [9.17, 15) is 4.79 Å². The quantitative estimate of drug-likeness (QED) is 0.868. The fourth-order valence-corrected chi connectivity index (χ4v) is 3.09. The smallest absolute Gasteiger partial charge is 0.308 e. The maximum Gasteiger partial charge on any atom is 0.308 e. The lowest BCUT2D eigenvalue weighted by molar-refractivity contribution is -0.151. The Morgan fingerprint density at radius 3 is 2.71 bits per heavy atom. The van der Waals surface area contributed by atoms with Crippen molar-refractivity contribution in [3.8, 4) is 0 Å². The third kappa shape index (κ3) is 2.95. The van der Waals surface area contributed by atoms with Crippen LogP contribution in [0.25, 0.3) is 5.70 Å². The number of esters is 1. The molecule has 4 heteroatoms. The molecule has 0 bridgehead atoms. The van der Waals surface area contributed by atoms with Crippen LogP contribution in [-0.4, -0.2) is 18.2 Å². The van der Waals surface area contributed by atoms with Gasteiger partial charge in [-0.3, -0.25) is 15.1 Å². The van der Waals surface area contributed by atoms with Gasteiger partial charge in [0.2, 0.25) is 0 Å². The van der Waals surface area contributed by atoms with Crippen molar-refractivity contribution in [2.45, 2.75) is 38.2 Å². The molecule has 0 amide bonds. The second-order valence-corrected chi connectivity index (χ2v) is 5.72. The fraction of sp³-hybridized carbons (Fsp3) is 0.471. The number of carbonyl (C=O) groups is 1. The van der Waals surface area contributed by atoms with E-state index in [1.165, 1.54) is 0 Å². The molecule has 0 radical (unpaired) electrons. The highest BCUT2D eigenvalue weighted by atomic mass is 16.7. The standard InChI is InChI=1S/C17H21NO3/c1-2-20-16(19)14-8-10-17(11-9-14)12-15(18-21-17)13-6-4-3-5-7-13/h3-7,12,14,18H,2,8-11H2,1H3. The molecule has 1 saturated carbocycles. The molecule has 4 nitrogen and oxygen atoms in total. The zero-order valence-electron chi connectivity index (χ0n) is 12.3. The highest BCUT2D eigenvalue weighted by Crippen LogP contribution is 2.40. The maximum atomic E-state index is 11.8. The molecule has 21 heavy (non-hydrogen) atoms. The molecule has 1 spiro atoms. The van der Waals surface area contributed by atoms with Gasteiger partial charge in [-0.2, -0.15) is 0 Å². The Morgan fingerprint density at radius 1 is 1.33 bits per heavy atom. The van der Waals surface area contributed by atoms with Crippen molar-refractivity contribution in [1.29, 1.82) is 0 Å². The van der Waals surface area contributed by atoms with Gasteiger partial charge < -0.3 is 4.74 Å². The van der Waals surface area contributed by atoms with Crippen LogP contribution in [0.5, 0.6) is 0 Å². The Hall–Kier alpha value is -1.81. The van der Waals surface area contributed by atoms with Crippen molar-refractivity contribution in [3.63, 3.8) is 0 Å². The van der Waals surface area contributed by atoms with Gasteiger partial charge in [-0.15, -0.1) is 0 Å². The van der Waals surface area contributed by atoms with Crippen molar-refractivity contribution >= 4 is 11.7 Å². The second kappa shape index (κ2) is 5.90. The molecule has 2 aliphatic rings. The van der Waals surface area contributed by atoms with Gasteiger partial charge >= 0.3 is 5.97 Å². The van der Waals surface area contributed by atoms with Crippen molar-refractivity contribution in [2.24, 2.45) is 5.92 Å². The lowest BCUT2D eigenvalue weighted by atomic mass is 9.78. The van der Waals surface area contributed by atoms with E-state index in [1.54, 1.807) is 0 Å². The van der Waals surface area contributed by atoms with E-state index in [0.717, 1.165) is 36.9 Å². The van der Waals surface area contributed by atoms with Crippen LogP contribution in [0.2, 0.25) is 0 Å². The van der Waals surface area contributed by atoms with E-state index in [1.807, 2.05) is 25.1 Å². The summed E-state index contributed by atoms with van der Waals surface area (Å²) in [6, 6.07) is 10.2. The topological polar surface area (TPSA) is 47.6 Å². The Morgan fingerprint density at radius 2 is 2.05 bits per heavy atom. The van der Waals surface area contributed by atoms with Gasteiger partial charge in [0.25, 0.3) is 0 Å². The Bertz CT molecular complexity index is 530. The lowest BCUT2D eigenvalue weighted by Crippen LogP contribution is -2.36. The molecule has 0 atom stereocenters. The van der Waals surface area contributed by atoms with Crippen LogP contribution >= 0.6 is 0 Å². The van der Waals surface area contributed by atoms with Crippen molar-refractivity contribution in [2.75, 3.05) is 6.61 Å². The van der Waals surface area contributed by atoms with Gasteiger partial charge in [0.15, 0.2) is 0 Å². The predicted octanol–water partition coefficient (Wildman–Crippen LogP) is 3.05. The van der Waals surface area contributed by atoms with Crippen LogP contribution < -0.4 is 5.48 Å². The summed E-state index contributed by atoms with van der Waals surface area (Å²) in [6.07, 6.45) is 5.50. The van der Waals surface area contributed by atoms with E-state index in [-0.39, 0.29) is 17.5 Å². The van der Waals surface area contributed by atoms with E-state index in [0.29, 0.717) is 6.61 Å². The second-order valence-electron chi connectivity index (χ2n) is 5.72. The molecule has 1 aliphatic heterocycles. The minimum absolute atomic E-state index is 0.0216. The molecular formula is C17H21NO3. The molecule has 1 N–H and O–H groups in total. The van der Waals surface area contributed by atoms with Gasteiger partial charge in [0, 0.05) is 0 Å². The molecule has 0 saturated heterocycles. The van der Waals surface area contributed by atoms with Gasteiger partial charge in [-0.05, 0) is 44.2 Å². The van der Waals surface area contributed by atoms with Crippen LogP contribution in [0.15, 0.2) is 36.4 Å². The van der Waals surface area contributed by atoms with E-state index in [4.69, 9.17) is 9.57 Å². The number of carbonyl (C=O) groups excluding carboxylic acids is 1. The lowest BCUT2D eigenvalue weighted by Gasteiger charge is -2.33. The highest BCUT2D eigenvalue weighted by Gasteiger charge is 2.41. The fourth-order valence-electron chi connectivity index (χ4n) is 3.09. The van der Waals surface area contributed by atoms with E-state index in [2.05, 4.69) is 23.7 Å². The average molecular weight is 287 g/mol. The molecule has 0 unspecified atom stereocenters. The third-order valence-electron chi connectivity index (χ3n) is 4.31. The SMILES string of the molecule is CCOC(=O)C1CCC2(C=C(c3ccccc3)NO2)CC1. The summed E-state index contributed by atoms with van der Waals surface area (Å²) in [7, 11) is 0. The molecule has 1 heterocycles. The normalized spacial score (nSPS) is 28.0. The van der Waals surface area contributed by atoms with Crippen LogP contribution in [-0.2, 0) is 14.4 Å². The number of benzene rings is 1. The number of nitrogens with one attached hydrogen (secondary N) is 1. The van der Waals surface area contributed by atoms with Crippen LogP contribution in [0, 0.1) is 5.92 Å². The highest BCUT2D eigenvalue weighted by molar-refractivity contribution is 5.72. The minimum atomic E-state index is -0.270. The summed E-state index contributed by atoms with van der Waals surface area (Å²) in [4.78, 5) is 17.6. The zero-order chi connectivity index (χ0) is 14.7. The van der Waals surface area contributed by atoms with E-state index >= 15 is 0 Å². The molecule has 1 aliphatic carbocycles. The zero-order valence-corrected chi connectivity index (χ0v) is 12.3. The van der Waals surface area contributed by atoms with Gasteiger partial charge in [-0.1, -0.05) is 30.3 Å². The van der Waals surface area contributed by atoms with Gasteiger partial charge in [-0.25, -0.2) is 0 Å². The number of hydrogen-bond acceptors (Lipinski definition) is 4. The Kier molecular flexibility index (Phi) is 3.97. The van der Waals surface area contributed by atoms with Crippen LogP contribution in [0.3, 0.4) is 0 Å². The van der Waals surface area contributed by atoms with Crippen molar-refractivity contribution in [3.05, 3.63) is 42.0 Å². The van der Waals surface area contributed by atoms with Gasteiger partial charge in [0.1, 0.15) is 5.60 Å². The van der Waals surface area contributed by atoms with Crippen molar-refractivity contribution in [1.82, 2.24) is 5.48 Å². The number of rotatable bonds is 3. The van der Waals surface area contributed by atoms with Crippen molar-refractivity contribution < 1.29 is 14.4 Å². The predicted molar refractivity (Wildman–Crippen MR) is 80.0 cm³/mol. The Labute approximate surface area is 125 Å². The Balaban J connectivity index is 1.66. The summed E-state index contributed by atoms with van der Waals surface area (Å²) >= 11 is 0. The first kappa shape index (κ1) is 14.1. The maximum absolute atomic E-state index is 11.8. The van der Waals surface area contributed by atoms with E-state index < -0.39 is 0 Å².